The molecule has 2 N–H and O–H groups in total. The molecule has 0 saturated heterocycles. The number of nitro benzene ring substituents is 1. The van der Waals surface area contributed by atoms with E-state index in [1.165, 1.54) is 12.1 Å². The van der Waals surface area contributed by atoms with Crippen molar-refractivity contribution in [2.75, 3.05) is 11.9 Å². The zero-order valence-corrected chi connectivity index (χ0v) is 12.5. The molecule has 0 aromatic heterocycles. The Morgan fingerprint density at radius 3 is 2.71 bits per heavy atom. The molecule has 0 saturated carbocycles. The molecule has 0 amide bonds. The van der Waals surface area contributed by atoms with Crippen LogP contribution in [0, 0.1) is 23.0 Å². The smallest absolute Gasteiger partial charge is 0.303 e. The molecule has 0 aliphatic rings. The molecular formula is C15H22N2O4. The first-order valence-corrected chi connectivity index (χ1v) is 7.14. The van der Waals surface area contributed by atoms with Gasteiger partial charge in [0, 0.05) is 30.8 Å². The largest absolute Gasteiger partial charge is 0.481 e. The molecule has 6 nitrogen and oxygen atoms in total. The van der Waals surface area contributed by atoms with Crippen LogP contribution < -0.4 is 5.32 Å². The number of non-ortho nitro benzene ring substituents is 1. The molecule has 0 heterocycles. The topological polar surface area (TPSA) is 92.5 Å². The summed E-state index contributed by atoms with van der Waals surface area (Å²) in [6, 6.07) is 4.75. The highest BCUT2D eigenvalue weighted by Gasteiger charge is 2.11. The van der Waals surface area contributed by atoms with E-state index in [9.17, 15) is 14.9 Å². The molecule has 1 unspecified atom stereocenters. The highest BCUT2D eigenvalue weighted by atomic mass is 16.6. The van der Waals surface area contributed by atoms with Crippen LogP contribution in [0.1, 0.15) is 38.2 Å². The number of nitrogens with one attached hydrogen (secondary N) is 1. The van der Waals surface area contributed by atoms with Gasteiger partial charge in [0.15, 0.2) is 0 Å². The van der Waals surface area contributed by atoms with E-state index in [1.54, 1.807) is 6.07 Å². The number of nitrogens with zero attached hydrogens (tertiary/aromatic N) is 1. The van der Waals surface area contributed by atoms with E-state index in [1.807, 2.05) is 13.8 Å². The Morgan fingerprint density at radius 1 is 1.43 bits per heavy atom. The van der Waals surface area contributed by atoms with Gasteiger partial charge in [-0.15, -0.1) is 0 Å². The Labute approximate surface area is 124 Å². The van der Waals surface area contributed by atoms with Crippen LogP contribution in [0.15, 0.2) is 18.2 Å². The molecule has 116 valence electrons. The Bertz CT molecular complexity index is 502. The van der Waals surface area contributed by atoms with Crippen molar-refractivity contribution in [2.24, 2.45) is 5.92 Å². The van der Waals surface area contributed by atoms with Gasteiger partial charge in [0.1, 0.15) is 0 Å². The van der Waals surface area contributed by atoms with Crippen LogP contribution >= 0.6 is 0 Å². The quantitative estimate of drug-likeness (QED) is 0.536. The van der Waals surface area contributed by atoms with Crippen LogP contribution in [0.2, 0.25) is 0 Å². The number of hydrogen-bond acceptors (Lipinski definition) is 4. The standard InChI is InChI=1S/C15H22N2O4/c1-3-12(5-7-15(18)19)8-9-16-14-10-13(17(20)21)6-4-11(14)2/h4,6,10,12,16H,3,5,7-9H2,1-2H3,(H,18,19). The van der Waals surface area contributed by atoms with Crippen molar-refractivity contribution in [1.29, 1.82) is 0 Å². The first-order valence-electron chi connectivity index (χ1n) is 7.14. The van der Waals surface area contributed by atoms with Crippen LogP contribution in [0.25, 0.3) is 0 Å². The lowest BCUT2D eigenvalue weighted by Gasteiger charge is -2.15. The zero-order chi connectivity index (χ0) is 15.8. The average Bonchev–Trinajstić information content (AvgIpc) is 2.43. The minimum Gasteiger partial charge on any atom is -0.481 e. The summed E-state index contributed by atoms with van der Waals surface area (Å²) in [4.78, 5) is 20.9. The summed E-state index contributed by atoms with van der Waals surface area (Å²) in [5.41, 5.74) is 1.79. The van der Waals surface area contributed by atoms with E-state index >= 15 is 0 Å². The summed E-state index contributed by atoms with van der Waals surface area (Å²) in [7, 11) is 0. The lowest BCUT2D eigenvalue weighted by atomic mass is 9.96. The van der Waals surface area contributed by atoms with Crippen LogP contribution in [0.4, 0.5) is 11.4 Å². The van der Waals surface area contributed by atoms with Gasteiger partial charge in [-0.1, -0.05) is 19.4 Å². The van der Waals surface area contributed by atoms with Gasteiger partial charge in [0.25, 0.3) is 5.69 Å². The molecule has 0 bridgehead atoms. The van der Waals surface area contributed by atoms with Gasteiger partial charge >= 0.3 is 5.97 Å². The maximum Gasteiger partial charge on any atom is 0.303 e. The molecular weight excluding hydrogens is 272 g/mol. The van der Waals surface area contributed by atoms with E-state index in [0.29, 0.717) is 18.9 Å². The van der Waals surface area contributed by atoms with Crippen LogP contribution in [-0.2, 0) is 4.79 Å². The van der Waals surface area contributed by atoms with Crippen molar-refractivity contribution >= 4 is 17.3 Å². The zero-order valence-electron chi connectivity index (χ0n) is 12.5. The minimum absolute atomic E-state index is 0.0704. The summed E-state index contributed by atoms with van der Waals surface area (Å²) in [6.45, 7) is 4.62. The van der Waals surface area contributed by atoms with Gasteiger partial charge in [-0.05, 0) is 31.2 Å². The number of carboxylic acids is 1. The molecule has 1 aromatic rings. The third kappa shape index (κ3) is 5.81. The van der Waals surface area contributed by atoms with Gasteiger partial charge in [-0.25, -0.2) is 0 Å². The average molecular weight is 294 g/mol. The minimum atomic E-state index is -0.768. The maximum atomic E-state index is 10.8. The van der Waals surface area contributed by atoms with Crippen molar-refractivity contribution in [3.8, 4) is 0 Å². The van der Waals surface area contributed by atoms with Crippen molar-refractivity contribution in [3.05, 3.63) is 33.9 Å². The first-order chi connectivity index (χ1) is 9.93. The number of aliphatic carboxylic acids is 1. The summed E-state index contributed by atoms with van der Waals surface area (Å²) in [6.07, 6.45) is 2.64. The molecule has 0 radical (unpaired) electrons. The highest BCUT2D eigenvalue weighted by molar-refractivity contribution is 5.66. The van der Waals surface area contributed by atoms with Crippen molar-refractivity contribution < 1.29 is 14.8 Å². The summed E-state index contributed by atoms with van der Waals surface area (Å²) in [5.74, 6) is -0.413. The molecule has 6 heteroatoms. The fraction of sp³-hybridized carbons (Fsp3) is 0.533. The lowest BCUT2D eigenvalue weighted by molar-refractivity contribution is -0.384. The van der Waals surface area contributed by atoms with E-state index in [0.717, 1.165) is 24.1 Å². The van der Waals surface area contributed by atoms with Gasteiger partial charge in [-0.2, -0.15) is 0 Å². The van der Waals surface area contributed by atoms with Gasteiger partial charge < -0.3 is 10.4 Å². The molecule has 1 rings (SSSR count). The molecule has 0 spiro atoms. The number of carboxylic acid groups (broad SMARTS) is 1. The summed E-state index contributed by atoms with van der Waals surface area (Å²) >= 11 is 0. The summed E-state index contributed by atoms with van der Waals surface area (Å²) in [5, 5.41) is 22.7. The third-order valence-electron chi connectivity index (χ3n) is 3.64. The van der Waals surface area contributed by atoms with Crippen molar-refractivity contribution in [3.63, 3.8) is 0 Å². The second-order valence-corrected chi connectivity index (χ2v) is 5.18. The molecule has 0 fully saturated rings. The number of benzene rings is 1. The molecule has 0 aliphatic carbocycles. The first kappa shape index (κ1) is 16.9. The van der Waals surface area contributed by atoms with Crippen molar-refractivity contribution in [2.45, 2.75) is 39.5 Å². The third-order valence-corrected chi connectivity index (χ3v) is 3.64. The predicted octanol–water partition coefficient (Wildman–Crippen LogP) is 3.60. The number of rotatable bonds is 9. The molecule has 0 aliphatic heterocycles. The molecule has 1 atom stereocenters. The Morgan fingerprint density at radius 2 is 2.14 bits per heavy atom. The van der Waals surface area contributed by atoms with Crippen molar-refractivity contribution in [1.82, 2.24) is 0 Å². The number of nitro groups is 1. The Hall–Kier alpha value is -2.11. The SMILES string of the molecule is CCC(CCNc1cc([N+](=O)[O-])ccc1C)CCC(=O)O. The number of hydrogen-bond donors (Lipinski definition) is 2. The Balaban J connectivity index is 2.52. The fourth-order valence-corrected chi connectivity index (χ4v) is 2.21. The van der Waals surface area contributed by atoms with E-state index in [4.69, 9.17) is 5.11 Å². The van der Waals surface area contributed by atoms with Gasteiger partial charge in [0.05, 0.1) is 4.92 Å². The monoisotopic (exact) mass is 294 g/mol. The number of carbonyl (C=O) groups is 1. The second kappa shape index (κ2) is 8.24. The van der Waals surface area contributed by atoms with Crippen LogP contribution in [0.5, 0.6) is 0 Å². The molecule has 21 heavy (non-hydrogen) atoms. The summed E-state index contributed by atoms with van der Waals surface area (Å²) < 4.78 is 0. The highest BCUT2D eigenvalue weighted by Crippen LogP contribution is 2.22. The predicted molar refractivity (Wildman–Crippen MR) is 81.6 cm³/mol. The Kier molecular flexibility index (Phi) is 6.65. The second-order valence-electron chi connectivity index (χ2n) is 5.18. The van der Waals surface area contributed by atoms with Crippen LogP contribution in [-0.4, -0.2) is 22.5 Å². The number of aryl methyl sites for hydroxylation is 1. The van der Waals surface area contributed by atoms with Gasteiger partial charge in [0.2, 0.25) is 0 Å². The van der Waals surface area contributed by atoms with Gasteiger partial charge in [-0.3, -0.25) is 14.9 Å². The van der Waals surface area contributed by atoms with E-state index in [2.05, 4.69) is 5.32 Å². The normalized spacial score (nSPS) is 11.9. The lowest BCUT2D eigenvalue weighted by Crippen LogP contribution is -2.11. The van der Waals surface area contributed by atoms with Crippen LogP contribution in [0.3, 0.4) is 0 Å². The van der Waals surface area contributed by atoms with E-state index in [-0.39, 0.29) is 12.1 Å². The molecule has 1 aromatic carbocycles. The fourth-order valence-electron chi connectivity index (χ4n) is 2.21. The number of anilines is 1. The maximum absolute atomic E-state index is 10.8. The van der Waals surface area contributed by atoms with E-state index < -0.39 is 10.9 Å².